The number of carbonyl (C=O) groups excluding carboxylic acids is 1. The van der Waals surface area contributed by atoms with Crippen molar-refractivity contribution in [2.45, 2.75) is 12.8 Å². The van der Waals surface area contributed by atoms with Gasteiger partial charge in [0.2, 0.25) is 5.95 Å². The first kappa shape index (κ1) is 20.2. The van der Waals surface area contributed by atoms with Gasteiger partial charge in [-0.25, -0.2) is 15.0 Å². The zero-order valence-corrected chi connectivity index (χ0v) is 17.7. The van der Waals surface area contributed by atoms with E-state index in [4.69, 9.17) is 14.5 Å². The molecule has 5 rings (SSSR count). The second kappa shape index (κ2) is 8.41. The van der Waals surface area contributed by atoms with Gasteiger partial charge in [0.1, 0.15) is 19.5 Å². The molecule has 2 aromatic heterocycles. The molecule has 0 saturated carbocycles. The average Bonchev–Trinajstić information content (AvgIpc) is 2.85. The van der Waals surface area contributed by atoms with Crippen molar-refractivity contribution in [3.8, 4) is 22.9 Å². The third-order valence-corrected chi connectivity index (χ3v) is 5.86. The van der Waals surface area contributed by atoms with Gasteiger partial charge in [-0.1, -0.05) is 0 Å². The Balaban J connectivity index is 1.41. The van der Waals surface area contributed by atoms with Gasteiger partial charge in [0.15, 0.2) is 17.3 Å². The normalized spacial score (nSPS) is 17.8. The molecule has 32 heavy (non-hydrogen) atoms. The highest BCUT2D eigenvalue weighted by Crippen LogP contribution is 2.33. The maximum absolute atomic E-state index is 13.3. The molecule has 0 aliphatic carbocycles. The highest BCUT2D eigenvalue weighted by molar-refractivity contribution is 5.99. The van der Waals surface area contributed by atoms with Crippen LogP contribution in [0.15, 0.2) is 47.7 Å². The van der Waals surface area contributed by atoms with Crippen molar-refractivity contribution < 1.29 is 14.3 Å². The van der Waals surface area contributed by atoms with Crippen LogP contribution in [-0.4, -0.2) is 51.6 Å². The number of carbonyl (C=O) groups is 1. The number of anilines is 1. The van der Waals surface area contributed by atoms with Crippen LogP contribution >= 0.6 is 0 Å². The Morgan fingerprint density at radius 1 is 1.09 bits per heavy atom. The molecule has 4 heterocycles. The standard InChI is InChI=1S/C23H23N5O4/c1-27-21(29)12-18(17-6-7-24-14-25-17)26-23(27)28-8-2-3-16(13-28)22(30)15-4-5-19-20(11-15)32-10-9-31-19/h4-7,11-12,14,16H,2-3,8-10,13H2,1H3. The van der Waals surface area contributed by atoms with Gasteiger partial charge in [-0.15, -0.1) is 0 Å². The summed E-state index contributed by atoms with van der Waals surface area (Å²) in [5, 5.41) is 0. The maximum atomic E-state index is 13.3. The third-order valence-electron chi connectivity index (χ3n) is 5.86. The fraction of sp³-hybridized carbons (Fsp3) is 0.348. The van der Waals surface area contributed by atoms with E-state index in [1.807, 2.05) is 4.90 Å². The lowest BCUT2D eigenvalue weighted by molar-refractivity contribution is 0.0905. The number of piperidine rings is 1. The number of hydrogen-bond acceptors (Lipinski definition) is 8. The van der Waals surface area contributed by atoms with Crippen LogP contribution < -0.4 is 19.9 Å². The Kier molecular flexibility index (Phi) is 5.30. The van der Waals surface area contributed by atoms with Crippen LogP contribution in [0.2, 0.25) is 0 Å². The maximum Gasteiger partial charge on any atom is 0.255 e. The number of benzene rings is 1. The first-order chi connectivity index (χ1) is 15.6. The number of Topliss-reactive ketones (excluding diaryl/α,β-unsaturated/α-hetero) is 1. The van der Waals surface area contributed by atoms with Gasteiger partial charge in [-0.05, 0) is 37.1 Å². The van der Waals surface area contributed by atoms with Crippen LogP contribution in [0.5, 0.6) is 11.5 Å². The number of aromatic nitrogens is 4. The quantitative estimate of drug-likeness (QED) is 0.577. The van der Waals surface area contributed by atoms with Gasteiger partial charge < -0.3 is 14.4 Å². The number of hydrogen-bond donors (Lipinski definition) is 0. The van der Waals surface area contributed by atoms with Gasteiger partial charge in [0, 0.05) is 43.9 Å². The van der Waals surface area contributed by atoms with E-state index in [9.17, 15) is 9.59 Å². The van der Waals surface area contributed by atoms with Crippen molar-refractivity contribution in [2.75, 3.05) is 31.2 Å². The number of nitrogens with zero attached hydrogens (tertiary/aromatic N) is 5. The predicted molar refractivity (Wildman–Crippen MR) is 117 cm³/mol. The zero-order valence-electron chi connectivity index (χ0n) is 17.7. The van der Waals surface area contributed by atoms with Crippen LogP contribution in [-0.2, 0) is 7.05 Å². The van der Waals surface area contributed by atoms with Crippen LogP contribution in [0.25, 0.3) is 11.4 Å². The predicted octanol–water partition coefficient (Wildman–Crippen LogP) is 2.11. The van der Waals surface area contributed by atoms with E-state index in [0.717, 1.165) is 19.4 Å². The minimum Gasteiger partial charge on any atom is -0.486 e. The molecule has 1 fully saturated rings. The highest BCUT2D eigenvalue weighted by Gasteiger charge is 2.29. The largest absolute Gasteiger partial charge is 0.486 e. The van der Waals surface area contributed by atoms with Crippen molar-refractivity contribution in [3.63, 3.8) is 0 Å². The molecular weight excluding hydrogens is 410 g/mol. The topological polar surface area (TPSA) is 99.4 Å². The number of ether oxygens (including phenoxy) is 2. The van der Waals surface area contributed by atoms with Gasteiger partial charge in [0.25, 0.3) is 5.56 Å². The minimum absolute atomic E-state index is 0.0589. The first-order valence-electron chi connectivity index (χ1n) is 10.6. The lowest BCUT2D eigenvalue weighted by atomic mass is 9.90. The molecule has 9 heteroatoms. The monoisotopic (exact) mass is 433 g/mol. The van der Waals surface area contributed by atoms with Crippen molar-refractivity contribution in [2.24, 2.45) is 13.0 Å². The van der Waals surface area contributed by atoms with Gasteiger partial charge >= 0.3 is 0 Å². The van der Waals surface area contributed by atoms with Crippen LogP contribution in [0.4, 0.5) is 5.95 Å². The molecule has 0 amide bonds. The SMILES string of the molecule is Cn1c(N2CCCC(C(=O)c3ccc4c(c3)OCCO4)C2)nc(-c2ccncn2)cc1=O. The Morgan fingerprint density at radius 3 is 2.75 bits per heavy atom. The summed E-state index contributed by atoms with van der Waals surface area (Å²) in [5.41, 5.74) is 1.51. The molecule has 0 bridgehead atoms. The third kappa shape index (κ3) is 3.81. The average molecular weight is 433 g/mol. The molecule has 2 aliphatic heterocycles. The van der Waals surface area contributed by atoms with E-state index in [-0.39, 0.29) is 17.3 Å². The van der Waals surface area contributed by atoms with Gasteiger partial charge in [-0.2, -0.15) is 0 Å². The van der Waals surface area contributed by atoms with Crippen molar-refractivity contribution in [3.05, 3.63) is 58.8 Å². The molecule has 0 radical (unpaired) electrons. The second-order valence-corrected chi connectivity index (χ2v) is 7.94. The molecule has 1 unspecified atom stereocenters. The van der Waals surface area contributed by atoms with E-state index in [1.54, 1.807) is 37.5 Å². The van der Waals surface area contributed by atoms with E-state index in [2.05, 4.69) is 9.97 Å². The smallest absolute Gasteiger partial charge is 0.255 e. The summed E-state index contributed by atoms with van der Waals surface area (Å²) < 4.78 is 12.7. The van der Waals surface area contributed by atoms with Gasteiger partial charge in [0.05, 0.1) is 11.4 Å². The van der Waals surface area contributed by atoms with Gasteiger partial charge in [-0.3, -0.25) is 14.2 Å². The summed E-state index contributed by atoms with van der Waals surface area (Å²) in [6.45, 7) is 2.20. The molecule has 1 saturated heterocycles. The fourth-order valence-electron chi connectivity index (χ4n) is 4.19. The summed E-state index contributed by atoms with van der Waals surface area (Å²) in [6, 6.07) is 8.53. The summed E-state index contributed by atoms with van der Waals surface area (Å²) >= 11 is 0. The Labute approximate surface area is 184 Å². The molecule has 3 aromatic rings. The Hall–Kier alpha value is -3.75. The number of ketones is 1. The zero-order chi connectivity index (χ0) is 22.1. The summed E-state index contributed by atoms with van der Waals surface area (Å²) in [4.78, 5) is 40.7. The molecule has 0 N–H and O–H groups in total. The molecular formula is C23H23N5O4. The molecule has 164 valence electrons. The first-order valence-corrected chi connectivity index (χ1v) is 10.6. The fourth-order valence-corrected chi connectivity index (χ4v) is 4.19. The Bertz CT molecular complexity index is 1210. The lowest BCUT2D eigenvalue weighted by Gasteiger charge is -2.33. The minimum atomic E-state index is -0.203. The summed E-state index contributed by atoms with van der Waals surface area (Å²) in [7, 11) is 1.70. The molecule has 1 aromatic carbocycles. The van der Waals surface area contributed by atoms with E-state index >= 15 is 0 Å². The van der Waals surface area contributed by atoms with E-state index in [1.165, 1.54) is 17.0 Å². The Morgan fingerprint density at radius 2 is 1.94 bits per heavy atom. The molecule has 2 aliphatic rings. The molecule has 1 atom stereocenters. The molecule has 0 spiro atoms. The lowest BCUT2D eigenvalue weighted by Crippen LogP contribution is -2.42. The van der Waals surface area contributed by atoms with Crippen molar-refractivity contribution in [1.82, 2.24) is 19.5 Å². The van der Waals surface area contributed by atoms with Crippen LogP contribution in [0.1, 0.15) is 23.2 Å². The van der Waals surface area contributed by atoms with E-state index < -0.39 is 0 Å². The highest BCUT2D eigenvalue weighted by atomic mass is 16.6. The van der Waals surface area contributed by atoms with E-state index in [0.29, 0.717) is 54.2 Å². The summed E-state index contributed by atoms with van der Waals surface area (Å²) in [6.07, 6.45) is 4.65. The van der Waals surface area contributed by atoms with Crippen molar-refractivity contribution in [1.29, 1.82) is 0 Å². The van der Waals surface area contributed by atoms with Crippen LogP contribution in [0.3, 0.4) is 0 Å². The summed E-state index contributed by atoms with van der Waals surface area (Å²) in [5.74, 6) is 1.66. The number of fused-ring (bicyclic) bond motifs is 1. The van der Waals surface area contributed by atoms with Crippen molar-refractivity contribution >= 4 is 11.7 Å². The number of rotatable bonds is 4. The van der Waals surface area contributed by atoms with Crippen LogP contribution in [0, 0.1) is 5.92 Å². The second-order valence-electron chi connectivity index (χ2n) is 7.94. The molecule has 9 nitrogen and oxygen atoms in total.